The average Bonchev–Trinajstić information content (AvgIpc) is 3.33. The molecule has 0 N–H and O–H groups in total. The summed E-state index contributed by atoms with van der Waals surface area (Å²) in [6.45, 7) is 4.87. The third kappa shape index (κ3) is 2.85. The Balaban J connectivity index is 1.21. The Morgan fingerprint density at radius 1 is 1.09 bits per heavy atom. The molecule has 34 heavy (non-hydrogen) atoms. The van der Waals surface area contributed by atoms with Gasteiger partial charge in [-0.25, -0.2) is 0 Å². The number of pyridine rings is 1. The molecule has 1 saturated heterocycles. The van der Waals surface area contributed by atoms with Gasteiger partial charge in [0.25, 0.3) is 0 Å². The summed E-state index contributed by atoms with van der Waals surface area (Å²) in [5, 5.41) is 0. The SMILES string of the molecule is CC12CC=C3C=C4CCC([N+](C)(C)C)CC45CCC3(O5)C1CCC2N1CCc2ccncc2C1. The van der Waals surface area contributed by atoms with Crippen molar-refractivity contribution in [1.29, 1.82) is 0 Å². The quantitative estimate of drug-likeness (QED) is 0.578. The highest BCUT2D eigenvalue weighted by Gasteiger charge is 2.67. The lowest BCUT2D eigenvalue weighted by Crippen LogP contribution is -2.58. The molecule has 2 saturated carbocycles. The average molecular weight is 461 g/mol. The molecular weight excluding hydrogens is 418 g/mol. The van der Waals surface area contributed by atoms with E-state index in [1.54, 1.807) is 11.1 Å². The minimum Gasteiger partial charge on any atom is -0.359 e. The van der Waals surface area contributed by atoms with Gasteiger partial charge in [-0.3, -0.25) is 9.88 Å². The van der Waals surface area contributed by atoms with E-state index >= 15 is 0 Å². The monoisotopic (exact) mass is 460 g/mol. The van der Waals surface area contributed by atoms with E-state index in [4.69, 9.17) is 4.74 Å². The fourth-order valence-electron chi connectivity index (χ4n) is 9.29. The molecule has 3 fully saturated rings. The van der Waals surface area contributed by atoms with Gasteiger partial charge in [0.15, 0.2) is 0 Å². The van der Waals surface area contributed by atoms with Crippen LogP contribution in [0, 0.1) is 11.3 Å². The molecule has 4 heterocycles. The molecule has 1 aromatic heterocycles. The van der Waals surface area contributed by atoms with Gasteiger partial charge >= 0.3 is 0 Å². The first-order valence-corrected chi connectivity index (χ1v) is 13.8. The van der Waals surface area contributed by atoms with Crippen LogP contribution in [0.5, 0.6) is 0 Å². The van der Waals surface area contributed by atoms with Gasteiger partial charge in [0.05, 0.1) is 38.4 Å². The molecule has 2 bridgehead atoms. The maximum Gasteiger partial charge on any atom is 0.0975 e. The Kier molecular flexibility index (Phi) is 4.51. The summed E-state index contributed by atoms with van der Waals surface area (Å²) < 4.78 is 8.56. The first kappa shape index (κ1) is 21.8. The zero-order valence-corrected chi connectivity index (χ0v) is 21.6. The Bertz CT molecular complexity index is 1080. The first-order chi connectivity index (χ1) is 16.2. The Morgan fingerprint density at radius 2 is 1.97 bits per heavy atom. The van der Waals surface area contributed by atoms with E-state index in [0.717, 1.165) is 11.0 Å². The summed E-state index contributed by atoms with van der Waals surface area (Å²) >= 11 is 0. The fourth-order valence-corrected chi connectivity index (χ4v) is 9.29. The summed E-state index contributed by atoms with van der Waals surface area (Å²) in [4.78, 5) is 7.25. The van der Waals surface area contributed by atoms with Crippen molar-refractivity contribution in [3.63, 3.8) is 0 Å². The summed E-state index contributed by atoms with van der Waals surface area (Å²) in [6.07, 6.45) is 20.5. The van der Waals surface area contributed by atoms with E-state index in [2.05, 4.69) is 62.4 Å². The molecule has 182 valence electrons. The van der Waals surface area contributed by atoms with Crippen LogP contribution in [0.4, 0.5) is 0 Å². The van der Waals surface area contributed by atoms with Gasteiger partial charge in [-0.1, -0.05) is 19.1 Å². The molecule has 6 unspecified atom stereocenters. The van der Waals surface area contributed by atoms with Crippen LogP contribution in [-0.4, -0.2) is 65.3 Å². The maximum atomic E-state index is 7.50. The Morgan fingerprint density at radius 3 is 2.82 bits per heavy atom. The van der Waals surface area contributed by atoms with Gasteiger partial charge in [0, 0.05) is 44.4 Å². The van der Waals surface area contributed by atoms with Gasteiger partial charge in [0.1, 0.15) is 0 Å². The largest absolute Gasteiger partial charge is 0.359 e. The van der Waals surface area contributed by atoms with Crippen molar-refractivity contribution in [2.45, 2.75) is 94.5 Å². The van der Waals surface area contributed by atoms with Crippen LogP contribution in [0.15, 0.2) is 41.8 Å². The smallest absolute Gasteiger partial charge is 0.0975 e. The van der Waals surface area contributed by atoms with Gasteiger partial charge < -0.3 is 9.22 Å². The second-order valence-corrected chi connectivity index (χ2v) is 13.5. The van der Waals surface area contributed by atoms with Crippen molar-refractivity contribution in [2.24, 2.45) is 11.3 Å². The van der Waals surface area contributed by atoms with Crippen molar-refractivity contribution in [3.8, 4) is 0 Å². The Hall–Kier alpha value is -1.49. The standard InChI is InChI=1S/C30H42N3O/c1-28-12-9-24-17-23-5-6-25(33(2,3)4)18-29(23)13-14-30(24,34-29)26(28)7-8-27(28)32-16-11-21-10-15-31-19-22(21)20-32/h9-10,15,17,19,25-27H,5-8,11-14,16,18,20H2,1-4H3/q+1. The number of allylic oxidation sites excluding steroid dienone is 1. The van der Waals surface area contributed by atoms with E-state index in [1.165, 1.54) is 75.5 Å². The van der Waals surface area contributed by atoms with Crippen LogP contribution < -0.4 is 0 Å². The summed E-state index contributed by atoms with van der Waals surface area (Å²) in [5.74, 6) is 0.641. The number of fused-ring (bicyclic) bond motifs is 2. The minimum absolute atomic E-state index is 0.0118. The Labute approximate surface area is 205 Å². The van der Waals surface area contributed by atoms with Gasteiger partial charge in [-0.15, -0.1) is 0 Å². The molecule has 3 aliphatic heterocycles. The molecule has 0 radical (unpaired) electrons. The number of quaternary nitrogens is 1. The van der Waals surface area contributed by atoms with Gasteiger partial charge in [-0.2, -0.15) is 0 Å². The van der Waals surface area contributed by atoms with Crippen molar-refractivity contribution in [3.05, 3.63) is 52.9 Å². The van der Waals surface area contributed by atoms with E-state index < -0.39 is 0 Å². The predicted molar refractivity (Wildman–Crippen MR) is 135 cm³/mol. The van der Waals surface area contributed by atoms with E-state index in [0.29, 0.717) is 23.4 Å². The molecule has 4 nitrogen and oxygen atoms in total. The molecule has 0 amide bonds. The number of rotatable bonds is 2. The summed E-state index contributed by atoms with van der Waals surface area (Å²) in [5.41, 5.74) is 6.40. The summed E-state index contributed by atoms with van der Waals surface area (Å²) in [7, 11) is 7.13. The zero-order chi connectivity index (χ0) is 23.3. The van der Waals surface area contributed by atoms with Crippen LogP contribution in [0.2, 0.25) is 0 Å². The van der Waals surface area contributed by atoms with Crippen molar-refractivity contribution in [2.75, 3.05) is 27.7 Å². The van der Waals surface area contributed by atoms with Crippen LogP contribution in [0.25, 0.3) is 0 Å². The normalized spacial score (nSPS) is 43.4. The third-order valence-corrected chi connectivity index (χ3v) is 11.2. The number of hydrogen-bond acceptors (Lipinski definition) is 3. The highest BCUT2D eigenvalue weighted by molar-refractivity contribution is 5.47. The van der Waals surface area contributed by atoms with E-state index in [9.17, 15) is 0 Å². The second kappa shape index (κ2) is 7.05. The molecule has 6 atom stereocenters. The molecule has 6 aliphatic rings. The second-order valence-electron chi connectivity index (χ2n) is 13.5. The number of ether oxygens (including phenoxy) is 1. The minimum atomic E-state index is -0.0345. The van der Waals surface area contributed by atoms with E-state index in [-0.39, 0.29) is 11.2 Å². The molecule has 3 aliphatic carbocycles. The van der Waals surface area contributed by atoms with Crippen molar-refractivity contribution < 1.29 is 9.22 Å². The molecule has 7 rings (SSSR count). The lowest BCUT2D eigenvalue weighted by Gasteiger charge is -2.56. The highest BCUT2D eigenvalue weighted by atomic mass is 16.5. The maximum absolute atomic E-state index is 7.50. The topological polar surface area (TPSA) is 25.4 Å². The summed E-state index contributed by atoms with van der Waals surface area (Å²) in [6, 6.07) is 3.58. The fraction of sp³-hybridized carbons (Fsp3) is 0.700. The molecule has 4 heteroatoms. The number of aromatic nitrogens is 1. The molecule has 0 aromatic carbocycles. The van der Waals surface area contributed by atoms with Crippen LogP contribution >= 0.6 is 0 Å². The zero-order valence-electron chi connectivity index (χ0n) is 21.6. The van der Waals surface area contributed by atoms with Crippen molar-refractivity contribution in [1.82, 2.24) is 9.88 Å². The number of nitrogens with zero attached hydrogens (tertiary/aromatic N) is 3. The lowest BCUT2D eigenvalue weighted by molar-refractivity contribution is -0.898. The molecule has 2 spiro atoms. The highest BCUT2D eigenvalue weighted by Crippen LogP contribution is 2.67. The predicted octanol–water partition coefficient (Wildman–Crippen LogP) is 5.04. The lowest BCUT2D eigenvalue weighted by atomic mass is 9.59. The van der Waals surface area contributed by atoms with Crippen LogP contribution in [0.1, 0.15) is 69.4 Å². The van der Waals surface area contributed by atoms with E-state index in [1.807, 2.05) is 6.20 Å². The first-order valence-electron chi connectivity index (χ1n) is 13.8. The van der Waals surface area contributed by atoms with Crippen LogP contribution in [0.3, 0.4) is 0 Å². The molecular formula is C30H42N3O+. The van der Waals surface area contributed by atoms with Crippen LogP contribution in [-0.2, 0) is 17.7 Å². The van der Waals surface area contributed by atoms with Gasteiger partial charge in [-0.05, 0) is 84.6 Å². The van der Waals surface area contributed by atoms with Gasteiger partial charge in [0.2, 0.25) is 0 Å². The third-order valence-electron chi connectivity index (χ3n) is 11.2. The molecule has 1 aromatic rings. The number of hydrogen-bond donors (Lipinski definition) is 0. The van der Waals surface area contributed by atoms with Crippen molar-refractivity contribution >= 4 is 0 Å².